The van der Waals surface area contributed by atoms with E-state index in [4.69, 9.17) is 0 Å². The molecule has 96 valence electrons. The van der Waals surface area contributed by atoms with Crippen LogP contribution in [0.25, 0.3) is 0 Å². The maximum absolute atomic E-state index is 3.59. The summed E-state index contributed by atoms with van der Waals surface area (Å²) in [4.78, 5) is 2.83. The number of rotatable bonds is 4. The van der Waals surface area contributed by atoms with Crippen molar-refractivity contribution in [1.29, 1.82) is 0 Å². The van der Waals surface area contributed by atoms with Gasteiger partial charge in [-0.3, -0.25) is 0 Å². The van der Waals surface area contributed by atoms with Crippen molar-refractivity contribution in [1.82, 2.24) is 5.32 Å². The fourth-order valence-corrected chi connectivity index (χ4v) is 3.33. The van der Waals surface area contributed by atoms with E-state index in [9.17, 15) is 0 Å². The molecule has 0 amide bonds. The summed E-state index contributed by atoms with van der Waals surface area (Å²) >= 11 is 1.90. The lowest BCUT2D eigenvalue weighted by Crippen LogP contribution is -2.21. The van der Waals surface area contributed by atoms with Crippen LogP contribution in [0.1, 0.15) is 39.4 Å². The first-order valence-corrected chi connectivity index (χ1v) is 7.30. The van der Waals surface area contributed by atoms with E-state index >= 15 is 0 Å². The Hall–Kier alpha value is -1.12. The first kappa shape index (κ1) is 13.3. The topological polar surface area (TPSA) is 12.0 Å². The van der Waals surface area contributed by atoms with Gasteiger partial charge < -0.3 is 5.32 Å². The SMILES string of the molecule is CCNC(c1cccc(C)c1)c1cc(C)c(C)s1. The van der Waals surface area contributed by atoms with Crippen LogP contribution >= 0.6 is 11.3 Å². The molecule has 2 rings (SSSR count). The van der Waals surface area contributed by atoms with Crippen LogP contribution in [0.15, 0.2) is 30.3 Å². The fourth-order valence-electron chi connectivity index (χ4n) is 2.18. The summed E-state index contributed by atoms with van der Waals surface area (Å²) in [7, 11) is 0. The molecule has 1 aromatic carbocycles. The Morgan fingerprint density at radius 1 is 1.17 bits per heavy atom. The third-order valence-corrected chi connectivity index (χ3v) is 4.47. The van der Waals surface area contributed by atoms with Crippen LogP contribution < -0.4 is 5.32 Å². The smallest absolute Gasteiger partial charge is 0.0671 e. The molecule has 0 radical (unpaired) electrons. The average Bonchev–Trinajstić information content (AvgIpc) is 2.66. The van der Waals surface area contributed by atoms with E-state index in [1.165, 1.54) is 26.4 Å². The van der Waals surface area contributed by atoms with E-state index < -0.39 is 0 Å². The Bertz CT molecular complexity index is 508. The molecule has 1 aromatic heterocycles. The van der Waals surface area contributed by atoms with E-state index in [1.54, 1.807) is 0 Å². The summed E-state index contributed by atoms with van der Waals surface area (Å²) in [5, 5.41) is 3.59. The molecule has 0 aliphatic rings. The molecule has 0 bridgehead atoms. The second-order valence-corrected chi connectivity index (χ2v) is 6.08. The molecule has 1 nitrogen and oxygen atoms in total. The van der Waals surface area contributed by atoms with Gasteiger partial charge in [0.1, 0.15) is 0 Å². The zero-order valence-electron chi connectivity index (χ0n) is 11.6. The predicted molar refractivity (Wildman–Crippen MR) is 80.5 cm³/mol. The third-order valence-electron chi connectivity index (χ3n) is 3.25. The van der Waals surface area contributed by atoms with Gasteiger partial charge in [-0.15, -0.1) is 11.3 Å². The van der Waals surface area contributed by atoms with Crippen molar-refractivity contribution in [2.45, 2.75) is 33.7 Å². The molecule has 1 unspecified atom stereocenters. The van der Waals surface area contributed by atoms with Crippen molar-refractivity contribution in [3.8, 4) is 0 Å². The molecule has 0 fully saturated rings. The number of benzene rings is 1. The van der Waals surface area contributed by atoms with Gasteiger partial charge in [-0.05, 0) is 44.5 Å². The predicted octanol–water partition coefficient (Wildman–Crippen LogP) is 4.37. The van der Waals surface area contributed by atoms with Crippen LogP contribution in [-0.4, -0.2) is 6.54 Å². The molecule has 0 aliphatic heterocycles. The first-order valence-electron chi connectivity index (χ1n) is 6.48. The molecular weight excluding hydrogens is 238 g/mol. The van der Waals surface area contributed by atoms with E-state index in [0.717, 1.165) is 6.54 Å². The van der Waals surface area contributed by atoms with E-state index in [-0.39, 0.29) is 0 Å². The largest absolute Gasteiger partial charge is 0.306 e. The highest BCUT2D eigenvalue weighted by Gasteiger charge is 2.15. The molecule has 1 N–H and O–H groups in total. The molecule has 0 spiro atoms. The Labute approximate surface area is 114 Å². The van der Waals surface area contributed by atoms with Gasteiger partial charge in [0.25, 0.3) is 0 Å². The quantitative estimate of drug-likeness (QED) is 0.859. The minimum atomic E-state index is 0.326. The molecular formula is C16H21NS. The standard InChI is InChI=1S/C16H21NS/c1-5-17-16(14-8-6-7-11(2)9-14)15-10-12(3)13(4)18-15/h6-10,16-17H,5H2,1-4H3. The van der Waals surface area contributed by atoms with Crippen LogP contribution in [0.3, 0.4) is 0 Å². The molecule has 2 heteroatoms. The number of hydrogen-bond acceptors (Lipinski definition) is 2. The van der Waals surface area contributed by atoms with Crippen LogP contribution in [0, 0.1) is 20.8 Å². The van der Waals surface area contributed by atoms with Crippen LogP contribution in [-0.2, 0) is 0 Å². The molecule has 0 saturated heterocycles. The monoisotopic (exact) mass is 259 g/mol. The van der Waals surface area contributed by atoms with Crippen LogP contribution in [0.5, 0.6) is 0 Å². The van der Waals surface area contributed by atoms with E-state index in [2.05, 4.69) is 63.3 Å². The fraction of sp³-hybridized carbons (Fsp3) is 0.375. The summed E-state index contributed by atoms with van der Waals surface area (Å²) in [5.74, 6) is 0. The first-order chi connectivity index (χ1) is 8.61. The molecule has 2 aromatic rings. The average molecular weight is 259 g/mol. The van der Waals surface area contributed by atoms with E-state index in [1.807, 2.05) is 11.3 Å². The van der Waals surface area contributed by atoms with E-state index in [0.29, 0.717) is 6.04 Å². The lowest BCUT2D eigenvalue weighted by molar-refractivity contribution is 0.639. The summed E-state index contributed by atoms with van der Waals surface area (Å²) < 4.78 is 0. The van der Waals surface area contributed by atoms with Crippen molar-refractivity contribution in [2.75, 3.05) is 6.54 Å². The minimum absolute atomic E-state index is 0.326. The summed E-state index contributed by atoms with van der Waals surface area (Å²) in [5.41, 5.74) is 4.07. The van der Waals surface area contributed by atoms with Crippen molar-refractivity contribution in [3.63, 3.8) is 0 Å². The van der Waals surface area contributed by atoms with Gasteiger partial charge in [-0.1, -0.05) is 36.8 Å². The highest BCUT2D eigenvalue weighted by molar-refractivity contribution is 7.12. The Kier molecular flexibility index (Phi) is 4.20. The molecule has 1 atom stereocenters. The summed E-state index contributed by atoms with van der Waals surface area (Å²) in [6, 6.07) is 11.4. The van der Waals surface area contributed by atoms with Gasteiger partial charge in [-0.25, -0.2) is 0 Å². The Morgan fingerprint density at radius 3 is 2.50 bits per heavy atom. The van der Waals surface area contributed by atoms with Crippen molar-refractivity contribution < 1.29 is 0 Å². The molecule has 1 heterocycles. The van der Waals surface area contributed by atoms with Gasteiger partial charge in [0.05, 0.1) is 6.04 Å². The normalized spacial score (nSPS) is 12.7. The van der Waals surface area contributed by atoms with Gasteiger partial charge in [0.2, 0.25) is 0 Å². The number of aryl methyl sites for hydroxylation is 3. The minimum Gasteiger partial charge on any atom is -0.306 e. The number of nitrogens with one attached hydrogen (secondary N) is 1. The van der Waals surface area contributed by atoms with Crippen LogP contribution in [0.4, 0.5) is 0 Å². The molecule has 18 heavy (non-hydrogen) atoms. The highest BCUT2D eigenvalue weighted by Crippen LogP contribution is 2.31. The Balaban J connectivity index is 2.39. The zero-order valence-corrected chi connectivity index (χ0v) is 12.4. The summed E-state index contributed by atoms with van der Waals surface area (Å²) in [6.45, 7) is 9.68. The number of thiophene rings is 1. The lowest BCUT2D eigenvalue weighted by atomic mass is 10.0. The molecule has 0 aliphatic carbocycles. The van der Waals surface area contributed by atoms with Gasteiger partial charge in [-0.2, -0.15) is 0 Å². The highest BCUT2D eigenvalue weighted by atomic mass is 32.1. The second-order valence-electron chi connectivity index (χ2n) is 4.79. The lowest BCUT2D eigenvalue weighted by Gasteiger charge is -2.17. The van der Waals surface area contributed by atoms with Crippen molar-refractivity contribution in [2.24, 2.45) is 0 Å². The van der Waals surface area contributed by atoms with Crippen LogP contribution in [0.2, 0.25) is 0 Å². The number of hydrogen-bond donors (Lipinski definition) is 1. The summed E-state index contributed by atoms with van der Waals surface area (Å²) in [6.07, 6.45) is 0. The van der Waals surface area contributed by atoms with Gasteiger partial charge >= 0.3 is 0 Å². The van der Waals surface area contributed by atoms with Gasteiger partial charge in [0.15, 0.2) is 0 Å². The van der Waals surface area contributed by atoms with Crippen molar-refractivity contribution in [3.05, 3.63) is 56.8 Å². The molecule has 0 saturated carbocycles. The van der Waals surface area contributed by atoms with Crippen molar-refractivity contribution >= 4 is 11.3 Å². The Morgan fingerprint density at radius 2 is 1.94 bits per heavy atom. The van der Waals surface area contributed by atoms with Gasteiger partial charge in [0, 0.05) is 9.75 Å². The zero-order chi connectivity index (χ0) is 13.1. The second kappa shape index (κ2) is 5.68. The maximum Gasteiger partial charge on any atom is 0.0671 e. The maximum atomic E-state index is 3.59. The third kappa shape index (κ3) is 2.82.